The Hall–Kier alpha value is -2.08. The molecule has 2 nitrogen and oxygen atoms in total. The van der Waals surface area contributed by atoms with E-state index in [1.54, 1.807) is 12.1 Å². The van der Waals surface area contributed by atoms with Crippen molar-refractivity contribution in [2.75, 3.05) is 0 Å². The molecule has 0 amide bonds. The van der Waals surface area contributed by atoms with E-state index in [-0.39, 0.29) is 17.9 Å². The number of hydrogen-bond acceptors (Lipinski definition) is 2. The van der Waals surface area contributed by atoms with Crippen LogP contribution in [0.25, 0.3) is 0 Å². The number of alkyl halides is 4. The van der Waals surface area contributed by atoms with Crippen LogP contribution >= 0.6 is 0 Å². The summed E-state index contributed by atoms with van der Waals surface area (Å²) in [6.07, 6.45) is -2.03. The largest absolute Gasteiger partial charge is 0.435 e. The molecule has 0 saturated heterocycles. The molecule has 6 heteroatoms. The monoisotopic (exact) mass is 356 g/mol. The molecule has 25 heavy (non-hydrogen) atoms. The highest BCUT2D eigenvalue weighted by molar-refractivity contribution is 5.28. The predicted molar refractivity (Wildman–Crippen MR) is 87.0 cm³/mol. The Morgan fingerprint density at radius 3 is 2.00 bits per heavy atom. The molecule has 2 aromatic carbocycles. The lowest BCUT2D eigenvalue weighted by molar-refractivity contribution is -0.244. The van der Waals surface area contributed by atoms with Crippen molar-refractivity contribution < 1.29 is 27.0 Å². The van der Waals surface area contributed by atoms with Gasteiger partial charge in [-0.25, -0.2) is 0 Å². The lowest BCUT2D eigenvalue weighted by Gasteiger charge is -2.17. The third kappa shape index (κ3) is 6.74. The van der Waals surface area contributed by atoms with Crippen molar-refractivity contribution in [3.8, 4) is 5.75 Å². The summed E-state index contributed by atoms with van der Waals surface area (Å²) < 4.78 is 60.9. The van der Waals surface area contributed by atoms with Crippen molar-refractivity contribution >= 4 is 0 Å². The standard InChI is InChI=1S/C19H20F4O2/c1-2-3-14-4-6-16(7-5-14)13-24-19(22,23)12-15-8-10-17(11-9-15)25-18(20)21/h4-11,18H,2-3,12-13H2,1H3. The zero-order valence-corrected chi connectivity index (χ0v) is 13.9. The van der Waals surface area contributed by atoms with Crippen LogP contribution in [0.1, 0.15) is 30.0 Å². The Labute approximate surface area is 144 Å². The van der Waals surface area contributed by atoms with E-state index in [1.165, 1.54) is 24.3 Å². The van der Waals surface area contributed by atoms with Crippen molar-refractivity contribution in [1.82, 2.24) is 0 Å². The van der Waals surface area contributed by atoms with Gasteiger partial charge in [-0.1, -0.05) is 49.7 Å². The molecule has 2 rings (SSSR count). The molecule has 0 N–H and O–H groups in total. The quantitative estimate of drug-likeness (QED) is 0.545. The third-order valence-corrected chi connectivity index (χ3v) is 3.57. The van der Waals surface area contributed by atoms with E-state index in [0.717, 1.165) is 18.4 Å². The minimum Gasteiger partial charge on any atom is -0.435 e. The maximum atomic E-state index is 13.9. The zero-order chi connectivity index (χ0) is 18.3. The van der Waals surface area contributed by atoms with Gasteiger partial charge in [0.15, 0.2) is 0 Å². The van der Waals surface area contributed by atoms with Gasteiger partial charge in [0.1, 0.15) is 5.75 Å². The molecule has 0 fully saturated rings. The van der Waals surface area contributed by atoms with E-state index in [1.807, 2.05) is 12.1 Å². The molecule has 0 bridgehead atoms. The van der Waals surface area contributed by atoms with Gasteiger partial charge in [0.2, 0.25) is 0 Å². The lowest BCUT2D eigenvalue weighted by Crippen LogP contribution is -2.23. The van der Waals surface area contributed by atoms with Gasteiger partial charge in [0.25, 0.3) is 0 Å². The second-order valence-corrected chi connectivity index (χ2v) is 5.69. The average Bonchev–Trinajstić information content (AvgIpc) is 2.56. The molecule has 136 valence electrons. The minimum absolute atomic E-state index is 0.0739. The fourth-order valence-electron chi connectivity index (χ4n) is 2.36. The summed E-state index contributed by atoms with van der Waals surface area (Å²) in [5.41, 5.74) is 2.09. The fourth-order valence-corrected chi connectivity index (χ4v) is 2.36. The van der Waals surface area contributed by atoms with E-state index in [0.29, 0.717) is 5.56 Å². The van der Waals surface area contributed by atoms with Crippen molar-refractivity contribution in [2.45, 2.75) is 45.5 Å². The van der Waals surface area contributed by atoms with Crippen molar-refractivity contribution in [3.63, 3.8) is 0 Å². The Balaban J connectivity index is 1.88. The zero-order valence-electron chi connectivity index (χ0n) is 13.9. The summed E-state index contributed by atoms with van der Waals surface area (Å²) in [5.74, 6) is -0.0739. The molecule has 0 radical (unpaired) electrons. The summed E-state index contributed by atoms with van der Waals surface area (Å²) in [5, 5.41) is 0. The normalized spacial score (nSPS) is 11.8. The highest BCUT2D eigenvalue weighted by Gasteiger charge is 2.30. The first-order valence-corrected chi connectivity index (χ1v) is 8.01. The summed E-state index contributed by atoms with van der Waals surface area (Å²) in [7, 11) is 0. The van der Waals surface area contributed by atoms with Crippen LogP contribution in [0, 0.1) is 0 Å². The minimum atomic E-state index is -3.35. The number of rotatable bonds is 9. The topological polar surface area (TPSA) is 18.5 Å². The summed E-state index contributed by atoms with van der Waals surface area (Å²) in [4.78, 5) is 0. The first-order valence-electron chi connectivity index (χ1n) is 8.01. The van der Waals surface area contributed by atoms with Gasteiger partial charge in [-0.05, 0) is 35.2 Å². The van der Waals surface area contributed by atoms with Crippen LogP contribution in [0.5, 0.6) is 5.75 Å². The van der Waals surface area contributed by atoms with Crippen LogP contribution in [0.15, 0.2) is 48.5 Å². The first-order chi connectivity index (χ1) is 11.9. The Kier molecular flexibility index (Phi) is 6.82. The van der Waals surface area contributed by atoms with E-state index in [4.69, 9.17) is 4.74 Å². The molecule has 0 heterocycles. The van der Waals surface area contributed by atoms with Gasteiger partial charge in [-0.2, -0.15) is 17.6 Å². The molecule has 0 atom stereocenters. The molecule has 0 aromatic heterocycles. The predicted octanol–water partition coefficient (Wildman–Crippen LogP) is 5.59. The van der Waals surface area contributed by atoms with Gasteiger partial charge in [-0.15, -0.1) is 0 Å². The molecule has 0 saturated carbocycles. The molecular formula is C19H20F4O2. The smallest absolute Gasteiger partial charge is 0.387 e. The van der Waals surface area contributed by atoms with Gasteiger partial charge in [-0.3, -0.25) is 0 Å². The maximum Gasteiger partial charge on any atom is 0.387 e. The second-order valence-electron chi connectivity index (χ2n) is 5.69. The summed E-state index contributed by atoms with van der Waals surface area (Å²) >= 11 is 0. The molecule has 2 aromatic rings. The summed E-state index contributed by atoms with van der Waals surface area (Å²) in [6, 6.07) is 12.4. The molecule has 0 spiro atoms. The SMILES string of the molecule is CCCc1ccc(COC(F)(F)Cc2ccc(OC(F)F)cc2)cc1. The molecule has 0 aliphatic rings. The number of halogens is 4. The van der Waals surface area contributed by atoms with Crippen LogP contribution in [0.3, 0.4) is 0 Å². The number of benzene rings is 2. The van der Waals surface area contributed by atoms with Crippen LogP contribution < -0.4 is 4.74 Å². The van der Waals surface area contributed by atoms with Gasteiger partial charge < -0.3 is 9.47 Å². The maximum absolute atomic E-state index is 13.9. The molecule has 0 aliphatic heterocycles. The fraction of sp³-hybridized carbons (Fsp3) is 0.368. The summed E-state index contributed by atoms with van der Waals surface area (Å²) in [6.45, 7) is -1.07. The second kappa shape index (κ2) is 8.85. The van der Waals surface area contributed by atoms with Crippen molar-refractivity contribution in [1.29, 1.82) is 0 Å². The lowest BCUT2D eigenvalue weighted by atomic mass is 10.1. The van der Waals surface area contributed by atoms with Crippen LogP contribution in [-0.2, 0) is 24.2 Å². The van der Waals surface area contributed by atoms with E-state index < -0.39 is 19.1 Å². The van der Waals surface area contributed by atoms with Crippen LogP contribution in [-0.4, -0.2) is 12.7 Å². The molecule has 0 aliphatic carbocycles. The first kappa shape index (κ1) is 19.2. The third-order valence-electron chi connectivity index (χ3n) is 3.57. The van der Waals surface area contributed by atoms with Gasteiger partial charge in [0, 0.05) is 0 Å². The highest BCUT2D eigenvalue weighted by atomic mass is 19.3. The average molecular weight is 356 g/mol. The Morgan fingerprint density at radius 1 is 0.880 bits per heavy atom. The number of hydrogen-bond donors (Lipinski definition) is 0. The van der Waals surface area contributed by atoms with E-state index >= 15 is 0 Å². The Morgan fingerprint density at radius 2 is 1.44 bits per heavy atom. The van der Waals surface area contributed by atoms with Crippen molar-refractivity contribution in [3.05, 3.63) is 65.2 Å². The van der Waals surface area contributed by atoms with Gasteiger partial charge >= 0.3 is 12.7 Å². The van der Waals surface area contributed by atoms with Crippen LogP contribution in [0.4, 0.5) is 17.6 Å². The van der Waals surface area contributed by atoms with Crippen LogP contribution in [0.2, 0.25) is 0 Å². The van der Waals surface area contributed by atoms with Gasteiger partial charge in [0.05, 0.1) is 13.0 Å². The van der Waals surface area contributed by atoms with E-state index in [9.17, 15) is 17.6 Å². The number of ether oxygens (including phenoxy) is 2. The number of aryl methyl sites for hydroxylation is 1. The molecular weight excluding hydrogens is 336 g/mol. The van der Waals surface area contributed by atoms with E-state index in [2.05, 4.69) is 11.7 Å². The Bertz CT molecular complexity index is 639. The highest BCUT2D eigenvalue weighted by Crippen LogP contribution is 2.25. The van der Waals surface area contributed by atoms with Crippen molar-refractivity contribution in [2.24, 2.45) is 0 Å². The molecule has 0 unspecified atom stereocenters.